The lowest BCUT2D eigenvalue weighted by molar-refractivity contribution is -0.142. The molecule has 0 saturated heterocycles. The largest absolute Gasteiger partial charge is 0.496 e. The second kappa shape index (κ2) is 4.90. The third kappa shape index (κ3) is 1.75. The Bertz CT molecular complexity index is 1020. The highest BCUT2D eigenvalue weighted by atomic mass is 16.7. The quantitative estimate of drug-likeness (QED) is 0.700. The fraction of sp³-hybridized carbons (Fsp3) is 0.238. The predicted molar refractivity (Wildman–Crippen MR) is 94.4 cm³/mol. The van der Waals surface area contributed by atoms with Crippen molar-refractivity contribution in [2.75, 3.05) is 14.2 Å². The first kappa shape index (κ1) is 14.6. The van der Waals surface area contributed by atoms with E-state index in [1.165, 1.54) is 0 Å². The van der Waals surface area contributed by atoms with E-state index < -0.39 is 5.79 Å². The Kier molecular flexibility index (Phi) is 2.86. The molecule has 4 nitrogen and oxygen atoms in total. The van der Waals surface area contributed by atoms with Crippen LogP contribution in [0.25, 0.3) is 10.8 Å². The van der Waals surface area contributed by atoms with Gasteiger partial charge >= 0.3 is 0 Å². The van der Waals surface area contributed by atoms with Crippen LogP contribution in [-0.2, 0) is 17.1 Å². The molecule has 25 heavy (non-hydrogen) atoms. The Morgan fingerprint density at radius 1 is 1.00 bits per heavy atom. The van der Waals surface area contributed by atoms with E-state index in [1.54, 1.807) is 14.2 Å². The highest BCUT2D eigenvalue weighted by molar-refractivity contribution is 5.97. The third-order valence-corrected chi connectivity index (χ3v) is 5.12. The predicted octanol–water partition coefficient (Wildman–Crippen LogP) is 4.29. The molecule has 0 aliphatic carbocycles. The van der Waals surface area contributed by atoms with Gasteiger partial charge in [-0.2, -0.15) is 0 Å². The number of ether oxygens (including phenoxy) is 4. The Labute approximate surface area is 145 Å². The summed E-state index contributed by atoms with van der Waals surface area (Å²) in [6.07, 6.45) is 0. The van der Waals surface area contributed by atoms with E-state index in [9.17, 15) is 0 Å². The van der Waals surface area contributed by atoms with Crippen molar-refractivity contribution in [3.63, 3.8) is 0 Å². The van der Waals surface area contributed by atoms with Crippen LogP contribution in [0.1, 0.15) is 22.3 Å². The first-order chi connectivity index (χ1) is 12.2. The average Bonchev–Trinajstić information content (AvgIpc) is 3.16. The van der Waals surface area contributed by atoms with E-state index in [0.717, 1.165) is 50.3 Å². The number of methoxy groups -OCH3 is 2. The molecule has 3 aromatic rings. The molecule has 2 aliphatic heterocycles. The van der Waals surface area contributed by atoms with Crippen LogP contribution >= 0.6 is 0 Å². The van der Waals surface area contributed by atoms with Gasteiger partial charge in [-0.1, -0.05) is 24.3 Å². The zero-order valence-electron chi connectivity index (χ0n) is 14.4. The maximum atomic E-state index is 6.46. The third-order valence-electron chi connectivity index (χ3n) is 5.12. The van der Waals surface area contributed by atoms with E-state index in [4.69, 9.17) is 18.9 Å². The molecule has 0 amide bonds. The van der Waals surface area contributed by atoms with Crippen molar-refractivity contribution in [1.82, 2.24) is 0 Å². The average molecular weight is 334 g/mol. The molecule has 3 aromatic carbocycles. The van der Waals surface area contributed by atoms with Crippen LogP contribution in [0.5, 0.6) is 17.2 Å². The molecular formula is C21H18O4. The number of benzene rings is 3. The Balaban J connectivity index is 1.86. The van der Waals surface area contributed by atoms with Crippen molar-refractivity contribution in [2.24, 2.45) is 0 Å². The summed E-state index contributed by atoms with van der Waals surface area (Å²) in [5.41, 5.74) is 4.09. The summed E-state index contributed by atoms with van der Waals surface area (Å²) in [4.78, 5) is 0. The van der Waals surface area contributed by atoms with Crippen molar-refractivity contribution >= 4 is 10.8 Å². The first-order valence-corrected chi connectivity index (χ1v) is 8.29. The summed E-state index contributed by atoms with van der Waals surface area (Å²) in [6, 6.07) is 14.2. The summed E-state index contributed by atoms with van der Waals surface area (Å²) < 4.78 is 23.9. The molecule has 0 radical (unpaired) electrons. The summed E-state index contributed by atoms with van der Waals surface area (Å²) in [5.74, 6) is 1.44. The van der Waals surface area contributed by atoms with Crippen LogP contribution < -0.4 is 14.2 Å². The van der Waals surface area contributed by atoms with Gasteiger partial charge in [0.05, 0.1) is 26.4 Å². The van der Waals surface area contributed by atoms with Crippen molar-refractivity contribution in [2.45, 2.75) is 19.3 Å². The minimum Gasteiger partial charge on any atom is -0.496 e. The van der Waals surface area contributed by atoms with Gasteiger partial charge in [-0.15, -0.1) is 0 Å². The summed E-state index contributed by atoms with van der Waals surface area (Å²) in [6.45, 7) is 2.51. The van der Waals surface area contributed by atoms with E-state index in [-0.39, 0.29) is 0 Å². The van der Waals surface area contributed by atoms with Crippen LogP contribution in [0.4, 0.5) is 0 Å². The minimum absolute atomic E-state index is 0.436. The summed E-state index contributed by atoms with van der Waals surface area (Å²) in [7, 11) is 3.36. The number of aryl methyl sites for hydroxylation is 1. The molecule has 1 atom stereocenters. The van der Waals surface area contributed by atoms with Crippen LogP contribution in [0, 0.1) is 6.92 Å². The molecule has 0 N–H and O–H groups in total. The number of fused-ring (bicyclic) bond motifs is 3. The normalized spacial score (nSPS) is 20.0. The summed E-state index contributed by atoms with van der Waals surface area (Å²) in [5, 5.41) is 2.18. The number of hydrogen-bond acceptors (Lipinski definition) is 4. The van der Waals surface area contributed by atoms with Crippen molar-refractivity contribution in [1.29, 1.82) is 0 Å². The smallest absolute Gasteiger partial charge is 0.269 e. The van der Waals surface area contributed by atoms with Crippen LogP contribution in [0.2, 0.25) is 0 Å². The van der Waals surface area contributed by atoms with Gasteiger partial charge in [0.25, 0.3) is 5.79 Å². The standard InChI is InChI=1S/C21H18O4/c1-12-9-13-7-8-17(23-3)20-19(13)18(10-12)25-21(20)15-5-4-6-16(22-2)14(15)11-24-21/h4-10H,11H2,1-3H3/t21-/m1/s1. The SMILES string of the molecule is COc1cccc2c1CO[C@@]21Oc2cc(C)cc3ccc(OC)c1c23. The monoisotopic (exact) mass is 334 g/mol. The van der Waals surface area contributed by atoms with Crippen molar-refractivity contribution in [3.05, 3.63) is 64.7 Å². The topological polar surface area (TPSA) is 36.9 Å². The van der Waals surface area contributed by atoms with Gasteiger partial charge in [-0.05, 0) is 36.1 Å². The second-order valence-corrected chi connectivity index (χ2v) is 6.50. The van der Waals surface area contributed by atoms with Gasteiger partial charge in [-0.25, -0.2) is 0 Å². The highest BCUT2D eigenvalue weighted by Crippen LogP contribution is 2.56. The van der Waals surface area contributed by atoms with E-state index in [2.05, 4.69) is 25.1 Å². The second-order valence-electron chi connectivity index (χ2n) is 6.50. The van der Waals surface area contributed by atoms with E-state index in [1.807, 2.05) is 24.3 Å². The van der Waals surface area contributed by atoms with Crippen molar-refractivity contribution in [3.8, 4) is 17.2 Å². The highest BCUT2D eigenvalue weighted by Gasteiger charge is 2.52. The first-order valence-electron chi connectivity index (χ1n) is 8.29. The molecular weight excluding hydrogens is 316 g/mol. The van der Waals surface area contributed by atoms with Gasteiger partial charge < -0.3 is 18.9 Å². The van der Waals surface area contributed by atoms with Gasteiger partial charge in [0, 0.05) is 16.5 Å². The van der Waals surface area contributed by atoms with E-state index in [0.29, 0.717) is 6.61 Å². The van der Waals surface area contributed by atoms with Gasteiger partial charge in [-0.3, -0.25) is 0 Å². The molecule has 4 heteroatoms. The van der Waals surface area contributed by atoms with E-state index >= 15 is 0 Å². The lowest BCUT2D eigenvalue weighted by Gasteiger charge is -2.26. The van der Waals surface area contributed by atoms with Gasteiger partial charge in [0.1, 0.15) is 17.2 Å². The molecule has 0 aromatic heterocycles. The molecule has 0 bridgehead atoms. The molecule has 2 heterocycles. The number of rotatable bonds is 2. The van der Waals surface area contributed by atoms with Crippen LogP contribution in [0.15, 0.2) is 42.5 Å². The molecule has 5 rings (SSSR count). The van der Waals surface area contributed by atoms with Crippen LogP contribution in [0.3, 0.4) is 0 Å². The maximum Gasteiger partial charge on any atom is 0.269 e. The maximum absolute atomic E-state index is 6.46. The Hall–Kier alpha value is -2.72. The Morgan fingerprint density at radius 2 is 1.84 bits per heavy atom. The molecule has 2 aliphatic rings. The summed E-state index contributed by atoms with van der Waals surface area (Å²) >= 11 is 0. The van der Waals surface area contributed by atoms with Gasteiger partial charge in [0.15, 0.2) is 0 Å². The zero-order valence-corrected chi connectivity index (χ0v) is 14.4. The Morgan fingerprint density at radius 3 is 2.64 bits per heavy atom. The van der Waals surface area contributed by atoms with Crippen molar-refractivity contribution < 1.29 is 18.9 Å². The van der Waals surface area contributed by atoms with Crippen LogP contribution in [-0.4, -0.2) is 14.2 Å². The zero-order chi connectivity index (χ0) is 17.2. The fourth-order valence-corrected chi connectivity index (χ4v) is 4.09. The molecule has 0 fully saturated rings. The number of hydrogen-bond donors (Lipinski definition) is 0. The van der Waals surface area contributed by atoms with Gasteiger partial charge in [0.2, 0.25) is 0 Å². The molecule has 126 valence electrons. The minimum atomic E-state index is -0.981. The fourth-order valence-electron chi connectivity index (χ4n) is 4.09. The molecule has 1 spiro atoms. The molecule has 0 saturated carbocycles. The molecule has 0 unspecified atom stereocenters. The lowest BCUT2D eigenvalue weighted by Crippen LogP contribution is -2.31. The lowest BCUT2D eigenvalue weighted by atomic mass is 9.92.